The van der Waals surface area contributed by atoms with Crippen LogP contribution < -0.4 is 0 Å². The number of carbonyl (C=O) groups is 1. The van der Waals surface area contributed by atoms with Crippen molar-refractivity contribution in [2.45, 2.75) is 44.8 Å². The number of ketones is 1. The van der Waals surface area contributed by atoms with Crippen molar-refractivity contribution in [3.63, 3.8) is 0 Å². The van der Waals surface area contributed by atoms with E-state index in [0.717, 1.165) is 22.4 Å². The SMILES string of the molecule is COC1=NCc2cc(CC(=O)C[C@@H](c3ccccc3)C(C)(C)O)ncc21. The van der Waals surface area contributed by atoms with E-state index in [-0.39, 0.29) is 24.5 Å². The minimum absolute atomic E-state index is 0.0549. The van der Waals surface area contributed by atoms with Crippen LogP contribution in [0.4, 0.5) is 0 Å². The summed E-state index contributed by atoms with van der Waals surface area (Å²) in [4.78, 5) is 21.3. The Morgan fingerprint density at radius 3 is 2.69 bits per heavy atom. The van der Waals surface area contributed by atoms with Gasteiger partial charge in [-0.1, -0.05) is 30.3 Å². The second-order valence-corrected chi connectivity index (χ2v) is 7.19. The van der Waals surface area contributed by atoms with Crippen molar-refractivity contribution in [3.05, 3.63) is 65.0 Å². The van der Waals surface area contributed by atoms with Gasteiger partial charge in [-0.3, -0.25) is 9.78 Å². The van der Waals surface area contributed by atoms with Crippen molar-refractivity contribution in [3.8, 4) is 0 Å². The molecule has 2 heterocycles. The van der Waals surface area contributed by atoms with Crippen LogP contribution in [0.5, 0.6) is 0 Å². The molecule has 1 aromatic heterocycles. The Labute approximate surface area is 153 Å². The Morgan fingerprint density at radius 1 is 1.31 bits per heavy atom. The van der Waals surface area contributed by atoms with Gasteiger partial charge in [0.2, 0.25) is 5.90 Å². The van der Waals surface area contributed by atoms with Crippen LogP contribution in [-0.4, -0.2) is 34.5 Å². The van der Waals surface area contributed by atoms with E-state index < -0.39 is 5.60 Å². The number of fused-ring (bicyclic) bond motifs is 1. The van der Waals surface area contributed by atoms with Crippen LogP contribution in [-0.2, 0) is 22.5 Å². The number of rotatable bonds is 6. The molecule has 1 N–H and O–H groups in total. The van der Waals surface area contributed by atoms with Gasteiger partial charge >= 0.3 is 0 Å². The average molecular weight is 352 g/mol. The number of benzene rings is 1. The fraction of sp³-hybridized carbons (Fsp3) is 0.381. The standard InChI is InChI=1S/C21H24N2O3/c1-21(2,25)19(14-7-5-4-6-8-14)11-17(24)10-16-9-15-12-23-20(26-3)18(15)13-22-16/h4-9,13,19,25H,10-12H2,1-3H3/t19-/m0/s1. The zero-order valence-corrected chi connectivity index (χ0v) is 15.4. The van der Waals surface area contributed by atoms with Crippen molar-refractivity contribution in [1.82, 2.24) is 4.98 Å². The predicted molar refractivity (Wildman–Crippen MR) is 100 cm³/mol. The first kappa shape index (κ1) is 18.3. The Hall–Kier alpha value is -2.53. The second-order valence-electron chi connectivity index (χ2n) is 7.19. The lowest BCUT2D eigenvalue weighted by atomic mass is 9.80. The monoisotopic (exact) mass is 352 g/mol. The maximum absolute atomic E-state index is 12.7. The van der Waals surface area contributed by atoms with E-state index in [9.17, 15) is 9.90 Å². The number of aliphatic imine (C=N–C) groups is 1. The molecule has 5 nitrogen and oxygen atoms in total. The molecule has 0 aliphatic carbocycles. The Morgan fingerprint density at radius 2 is 2.04 bits per heavy atom. The summed E-state index contributed by atoms with van der Waals surface area (Å²) in [6.07, 6.45) is 2.24. The van der Waals surface area contributed by atoms with E-state index in [1.54, 1.807) is 27.2 Å². The molecule has 1 aliphatic rings. The fourth-order valence-corrected chi connectivity index (χ4v) is 3.35. The molecule has 1 aromatic carbocycles. The van der Waals surface area contributed by atoms with Crippen LogP contribution in [0, 0.1) is 0 Å². The number of carbonyl (C=O) groups excluding carboxylic acids is 1. The number of hydrogen-bond acceptors (Lipinski definition) is 5. The van der Waals surface area contributed by atoms with Gasteiger partial charge in [-0.2, -0.15) is 0 Å². The van der Waals surface area contributed by atoms with Gasteiger partial charge in [-0.05, 0) is 31.0 Å². The highest BCUT2D eigenvalue weighted by Gasteiger charge is 2.30. The molecule has 0 spiro atoms. The summed E-state index contributed by atoms with van der Waals surface area (Å²) in [5, 5.41) is 10.5. The molecule has 26 heavy (non-hydrogen) atoms. The third-order valence-corrected chi connectivity index (χ3v) is 4.73. The van der Waals surface area contributed by atoms with Crippen LogP contribution in [0.15, 0.2) is 47.6 Å². The van der Waals surface area contributed by atoms with Crippen LogP contribution in [0.2, 0.25) is 0 Å². The predicted octanol–water partition coefficient (Wildman–Crippen LogP) is 3.04. The topological polar surface area (TPSA) is 71.8 Å². The smallest absolute Gasteiger partial charge is 0.218 e. The van der Waals surface area contributed by atoms with Gasteiger partial charge in [0.05, 0.1) is 24.8 Å². The molecular formula is C21H24N2O3. The van der Waals surface area contributed by atoms with E-state index in [1.165, 1.54) is 0 Å². The summed E-state index contributed by atoms with van der Waals surface area (Å²) in [5.41, 5.74) is 2.63. The summed E-state index contributed by atoms with van der Waals surface area (Å²) in [5.74, 6) is 0.393. The average Bonchev–Trinajstić information content (AvgIpc) is 3.01. The molecule has 3 rings (SSSR count). The second kappa shape index (κ2) is 7.38. The Balaban J connectivity index is 1.72. The molecular weight excluding hydrogens is 328 g/mol. The van der Waals surface area contributed by atoms with E-state index >= 15 is 0 Å². The molecule has 0 saturated carbocycles. The summed E-state index contributed by atoms with van der Waals surface area (Å²) in [7, 11) is 1.59. The molecule has 0 fully saturated rings. The zero-order chi connectivity index (χ0) is 18.7. The highest BCUT2D eigenvalue weighted by molar-refractivity contribution is 5.97. The third kappa shape index (κ3) is 3.99. The minimum atomic E-state index is -0.983. The van der Waals surface area contributed by atoms with E-state index in [2.05, 4.69) is 9.98 Å². The molecule has 2 aromatic rings. The molecule has 0 radical (unpaired) electrons. The first-order valence-corrected chi connectivity index (χ1v) is 8.74. The molecule has 136 valence electrons. The number of Topliss-reactive ketones (excluding diaryl/α,β-unsaturated/α-hetero) is 1. The number of pyridine rings is 1. The van der Waals surface area contributed by atoms with Crippen molar-refractivity contribution in [1.29, 1.82) is 0 Å². The molecule has 0 unspecified atom stereocenters. The first-order chi connectivity index (χ1) is 12.4. The molecule has 5 heteroatoms. The van der Waals surface area contributed by atoms with E-state index in [4.69, 9.17) is 4.74 Å². The summed E-state index contributed by atoms with van der Waals surface area (Å²) < 4.78 is 5.21. The maximum Gasteiger partial charge on any atom is 0.218 e. The fourth-order valence-electron chi connectivity index (χ4n) is 3.35. The number of ether oxygens (including phenoxy) is 1. The number of hydrogen-bond donors (Lipinski definition) is 1. The highest BCUT2D eigenvalue weighted by Crippen LogP contribution is 2.32. The first-order valence-electron chi connectivity index (χ1n) is 8.74. The molecule has 0 bridgehead atoms. The van der Waals surface area contributed by atoms with E-state index in [0.29, 0.717) is 12.4 Å². The minimum Gasteiger partial charge on any atom is -0.481 e. The van der Waals surface area contributed by atoms with Crippen LogP contribution in [0.1, 0.15) is 48.6 Å². The number of methoxy groups -OCH3 is 1. The van der Waals surface area contributed by atoms with E-state index in [1.807, 2.05) is 36.4 Å². The number of aromatic nitrogens is 1. The zero-order valence-electron chi connectivity index (χ0n) is 15.4. The summed E-state index contributed by atoms with van der Waals surface area (Å²) >= 11 is 0. The molecule has 0 amide bonds. The number of nitrogens with zero attached hydrogens (tertiary/aromatic N) is 2. The van der Waals surface area contributed by atoms with Gasteiger partial charge in [-0.15, -0.1) is 0 Å². The largest absolute Gasteiger partial charge is 0.481 e. The summed E-state index contributed by atoms with van der Waals surface area (Å²) in [6.45, 7) is 4.04. The number of aliphatic hydroxyl groups is 1. The highest BCUT2D eigenvalue weighted by atomic mass is 16.5. The summed E-state index contributed by atoms with van der Waals surface area (Å²) in [6, 6.07) is 11.6. The lowest BCUT2D eigenvalue weighted by molar-refractivity contribution is -0.120. The van der Waals surface area contributed by atoms with Crippen molar-refractivity contribution < 1.29 is 14.6 Å². The Bertz CT molecular complexity index is 823. The van der Waals surface area contributed by atoms with Gasteiger partial charge in [-0.25, -0.2) is 4.99 Å². The molecule has 0 saturated heterocycles. The lowest BCUT2D eigenvalue weighted by Crippen LogP contribution is -2.31. The lowest BCUT2D eigenvalue weighted by Gasteiger charge is -2.29. The van der Waals surface area contributed by atoms with Gasteiger partial charge in [0.15, 0.2) is 0 Å². The van der Waals surface area contributed by atoms with Crippen molar-refractivity contribution >= 4 is 11.7 Å². The Kier molecular flexibility index (Phi) is 5.18. The van der Waals surface area contributed by atoms with Crippen LogP contribution in [0.3, 0.4) is 0 Å². The van der Waals surface area contributed by atoms with Gasteiger partial charge < -0.3 is 9.84 Å². The molecule has 1 atom stereocenters. The molecule has 1 aliphatic heterocycles. The van der Waals surface area contributed by atoms with Crippen LogP contribution in [0.25, 0.3) is 0 Å². The van der Waals surface area contributed by atoms with Gasteiger partial charge in [0.1, 0.15) is 5.78 Å². The van der Waals surface area contributed by atoms with Crippen LogP contribution >= 0.6 is 0 Å². The van der Waals surface area contributed by atoms with Crippen molar-refractivity contribution in [2.24, 2.45) is 4.99 Å². The normalized spacial score (nSPS) is 14.5. The third-order valence-electron chi connectivity index (χ3n) is 4.73. The van der Waals surface area contributed by atoms with Crippen molar-refractivity contribution in [2.75, 3.05) is 7.11 Å². The van der Waals surface area contributed by atoms with Gasteiger partial charge in [0, 0.05) is 30.7 Å². The maximum atomic E-state index is 12.7. The quantitative estimate of drug-likeness (QED) is 0.867. The van der Waals surface area contributed by atoms with Gasteiger partial charge in [0.25, 0.3) is 0 Å².